The first kappa shape index (κ1) is 24.2. The molecule has 4 aliphatic carbocycles. The van der Waals surface area contributed by atoms with Crippen LogP contribution in [-0.4, -0.2) is 46.9 Å². The number of aromatic nitrogens is 1. The Balaban J connectivity index is 1.28. The number of anilines is 1. The van der Waals surface area contributed by atoms with Crippen molar-refractivity contribution in [1.82, 2.24) is 20.9 Å². The summed E-state index contributed by atoms with van der Waals surface area (Å²) in [4.78, 5) is 41.8. The standard InChI is InChI=1S/C27H32FN5O3/c1-17(34)29-8-9-30-23-7-3-6-22(31-23)25(36)33-27-14-18-10-19(15-27)13-26(12-18,16-27)32-24(35)20-4-2-5-21(28)11-20/h2-7,11,18-19H,8-10,12-16H2,1H3,(H,29,34)(H,30,31)(H,32,35)(H,33,36). The minimum absolute atomic E-state index is 0.0987. The molecule has 9 heteroatoms. The molecule has 0 radical (unpaired) electrons. The summed E-state index contributed by atoms with van der Waals surface area (Å²) < 4.78 is 13.7. The highest BCUT2D eigenvalue weighted by Gasteiger charge is 2.58. The second-order valence-electron chi connectivity index (χ2n) is 10.8. The summed E-state index contributed by atoms with van der Waals surface area (Å²) in [5.41, 5.74) is -0.155. The number of pyridine rings is 1. The van der Waals surface area contributed by atoms with Crippen LogP contribution in [0.2, 0.25) is 0 Å². The molecule has 1 aromatic heterocycles. The SMILES string of the molecule is CC(=O)NCCNc1cccc(C(=O)NC23CC4CC(CC(NC(=O)c5cccc(F)c5)(C4)C2)C3)n1. The van der Waals surface area contributed by atoms with Crippen LogP contribution < -0.4 is 21.3 Å². The summed E-state index contributed by atoms with van der Waals surface area (Å²) in [6, 6.07) is 11.0. The van der Waals surface area contributed by atoms with Crippen molar-refractivity contribution in [3.05, 3.63) is 59.5 Å². The quantitative estimate of drug-likeness (QED) is 0.423. The van der Waals surface area contributed by atoms with Crippen LogP contribution in [0.1, 0.15) is 66.3 Å². The fraction of sp³-hybridized carbons (Fsp3) is 0.481. The van der Waals surface area contributed by atoms with Crippen molar-refractivity contribution in [2.24, 2.45) is 11.8 Å². The summed E-state index contributed by atoms with van der Waals surface area (Å²) in [5.74, 6) is 0.391. The van der Waals surface area contributed by atoms with Crippen LogP contribution in [0, 0.1) is 17.7 Å². The van der Waals surface area contributed by atoms with Gasteiger partial charge in [-0.1, -0.05) is 12.1 Å². The maximum absolute atomic E-state index is 13.7. The molecular weight excluding hydrogens is 461 g/mol. The van der Waals surface area contributed by atoms with Gasteiger partial charge in [0.1, 0.15) is 17.3 Å². The Labute approximate surface area is 209 Å². The van der Waals surface area contributed by atoms with E-state index in [1.54, 1.807) is 30.3 Å². The lowest BCUT2D eigenvalue weighted by atomic mass is 9.49. The molecular formula is C27H32FN5O3. The van der Waals surface area contributed by atoms with Crippen LogP contribution in [0.4, 0.5) is 10.2 Å². The Morgan fingerprint density at radius 1 is 0.944 bits per heavy atom. The molecule has 4 saturated carbocycles. The van der Waals surface area contributed by atoms with Gasteiger partial charge >= 0.3 is 0 Å². The molecule has 190 valence electrons. The minimum atomic E-state index is -0.434. The van der Waals surface area contributed by atoms with Gasteiger partial charge in [-0.25, -0.2) is 9.37 Å². The van der Waals surface area contributed by atoms with Gasteiger partial charge in [0.15, 0.2) is 0 Å². The Morgan fingerprint density at radius 3 is 2.28 bits per heavy atom. The van der Waals surface area contributed by atoms with Gasteiger partial charge in [0.2, 0.25) is 5.91 Å². The third-order valence-corrected chi connectivity index (χ3v) is 7.69. The average molecular weight is 494 g/mol. The van der Waals surface area contributed by atoms with Crippen LogP contribution in [0.3, 0.4) is 0 Å². The number of hydrogen-bond donors (Lipinski definition) is 4. The highest BCUT2D eigenvalue weighted by Crippen LogP contribution is 2.57. The Hall–Kier alpha value is -3.49. The zero-order chi connectivity index (χ0) is 25.3. The number of carbonyl (C=O) groups excluding carboxylic acids is 3. The van der Waals surface area contributed by atoms with E-state index in [2.05, 4.69) is 26.3 Å². The predicted octanol–water partition coefficient (Wildman–Crippen LogP) is 3.02. The maximum atomic E-state index is 13.7. The van der Waals surface area contributed by atoms with E-state index in [1.165, 1.54) is 19.1 Å². The third kappa shape index (κ3) is 5.20. The summed E-state index contributed by atoms with van der Waals surface area (Å²) in [5, 5.41) is 12.4. The number of nitrogens with one attached hydrogen (secondary N) is 4. The second kappa shape index (κ2) is 9.52. The van der Waals surface area contributed by atoms with E-state index in [9.17, 15) is 18.8 Å². The van der Waals surface area contributed by atoms with Crippen LogP contribution in [0.25, 0.3) is 0 Å². The fourth-order valence-corrected chi connectivity index (χ4v) is 6.89. The molecule has 4 bridgehead atoms. The van der Waals surface area contributed by atoms with Gasteiger partial charge < -0.3 is 21.3 Å². The van der Waals surface area contributed by atoms with Gasteiger partial charge in [0.25, 0.3) is 11.8 Å². The smallest absolute Gasteiger partial charge is 0.270 e. The zero-order valence-electron chi connectivity index (χ0n) is 20.4. The Bertz CT molecular complexity index is 1170. The summed E-state index contributed by atoms with van der Waals surface area (Å²) in [7, 11) is 0. The topological polar surface area (TPSA) is 112 Å². The Kier molecular flexibility index (Phi) is 6.40. The number of hydrogen-bond acceptors (Lipinski definition) is 5. The van der Waals surface area contributed by atoms with Crippen molar-refractivity contribution in [3.8, 4) is 0 Å². The fourth-order valence-electron chi connectivity index (χ4n) is 6.89. The molecule has 2 atom stereocenters. The largest absolute Gasteiger partial charge is 0.368 e. The molecule has 4 aliphatic rings. The highest BCUT2D eigenvalue weighted by atomic mass is 19.1. The molecule has 8 nitrogen and oxygen atoms in total. The molecule has 4 fully saturated rings. The van der Waals surface area contributed by atoms with Crippen molar-refractivity contribution < 1.29 is 18.8 Å². The summed E-state index contributed by atoms with van der Waals surface area (Å²) in [6.45, 7) is 2.42. The normalized spacial score (nSPS) is 27.8. The van der Waals surface area contributed by atoms with Crippen LogP contribution in [-0.2, 0) is 4.79 Å². The zero-order valence-corrected chi connectivity index (χ0v) is 20.4. The molecule has 2 aromatic rings. The first-order valence-electron chi connectivity index (χ1n) is 12.6. The number of halogens is 1. The molecule has 6 rings (SSSR count). The average Bonchev–Trinajstić information content (AvgIpc) is 2.80. The van der Waals surface area contributed by atoms with Gasteiger partial charge in [0.05, 0.1) is 0 Å². The van der Waals surface area contributed by atoms with E-state index < -0.39 is 16.9 Å². The molecule has 0 spiro atoms. The van der Waals surface area contributed by atoms with Gasteiger partial charge in [-0.15, -0.1) is 0 Å². The first-order chi connectivity index (χ1) is 17.2. The van der Waals surface area contributed by atoms with E-state index in [1.807, 2.05) is 0 Å². The molecule has 2 unspecified atom stereocenters. The van der Waals surface area contributed by atoms with Gasteiger partial charge in [-0.05, 0) is 80.7 Å². The number of benzene rings is 1. The van der Waals surface area contributed by atoms with Crippen molar-refractivity contribution >= 4 is 23.5 Å². The predicted molar refractivity (Wildman–Crippen MR) is 133 cm³/mol. The number of nitrogens with zero attached hydrogens (tertiary/aromatic N) is 1. The monoisotopic (exact) mass is 493 g/mol. The number of carbonyl (C=O) groups is 3. The van der Waals surface area contributed by atoms with E-state index in [-0.39, 0.29) is 17.7 Å². The third-order valence-electron chi connectivity index (χ3n) is 7.69. The van der Waals surface area contributed by atoms with E-state index in [0.717, 1.165) is 32.1 Å². The summed E-state index contributed by atoms with van der Waals surface area (Å²) >= 11 is 0. The number of rotatable bonds is 8. The Morgan fingerprint density at radius 2 is 1.61 bits per heavy atom. The molecule has 4 N–H and O–H groups in total. The van der Waals surface area contributed by atoms with Gasteiger partial charge in [-0.2, -0.15) is 0 Å². The number of amides is 3. The van der Waals surface area contributed by atoms with Crippen molar-refractivity contribution in [3.63, 3.8) is 0 Å². The minimum Gasteiger partial charge on any atom is -0.368 e. The lowest BCUT2D eigenvalue weighted by molar-refractivity contribution is -0.118. The van der Waals surface area contributed by atoms with Crippen LogP contribution in [0.5, 0.6) is 0 Å². The second-order valence-corrected chi connectivity index (χ2v) is 10.8. The van der Waals surface area contributed by atoms with Crippen LogP contribution in [0.15, 0.2) is 42.5 Å². The van der Waals surface area contributed by atoms with E-state index in [4.69, 9.17) is 0 Å². The lowest BCUT2D eigenvalue weighted by Gasteiger charge is -2.62. The first-order valence-corrected chi connectivity index (χ1v) is 12.6. The van der Waals surface area contributed by atoms with Crippen LogP contribution >= 0.6 is 0 Å². The highest BCUT2D eigenvalue weighted by molar-refractivity contribution is 5.95. The van der Waals surface area contributed by atoms with Gasteiger partial charge in [0, 0.05) is 36.7 Å². The summed E-state index contributed by atoms with van der Waals surface area (Å²) in [6.07, 6.45) is 5.32. The van der Waals surface area contributed by atoms with Gasteiger partial charge in [-0.3, -0.25) is 14.4 Å². The van der Waals surface area contributed by atoms with Crippen molar-refractivity contribution in [2.75, 3.05) is 18.4 Å². The molecule has 1 heterocycles. The van der Waals surface area contributed by atoms with E-state index >= 15 is 0 Å². The molecule has 0 saturated heterocycles. The maximum Gasteiger partial charge on any atom is 0.270 e. The lowest BCUT2D eigenvalue weighted by Crippen LogP contribution is -2.69. The van der Waals surface area contributed by atoms with Crippen molar-refractivity contribution in [1.29, 1.82) is 0 Å². The molecule has 36 heavy (non-hydrogen) atoms. The van der Waals surface area contributed by atoms with Crippen molar-refractivity contribution in [2.45, 2.75) is 56.5 Å². The molecule has 1 aromatic carbocycles. The van der Waals surface area contributed by atoms with E-state index in [0.29, 0.717) is 48.4 Å². The molecule has 3 amide bonds. The molecule has 0 aliphatic heterocycles.